The van der Waals surface area contributed by atoms with Gasteiger partial charge in [-0.1, -0.05) is 12.1 Å². The van der Waals surface area contributed by atoms with Gasteiger partial charge in [-0.25, -0.2) is 13.4 Å². The Balaban J connectivity index is 1.70. The number of hydrogen-bond donors (Lipinski definition) is 1. The molecule has 0 aliphatic carbocycles. The average molecular weight is 359 g/mol. The molecule has 0 amide bonds. The van der Waals surface area contributed by atoms with E-state index in [0.717, 1.165) is 16.8 Å². The third-order valence-corrected chi connectivity index (χ3v) is 6.09. The lowest BCUT2D eigenvalue weighted by Gasteiger charge is -2.21. The molecule has 0 aliphatic heterocycles. The molecule has 1 heterocycles. The van der Waals surface area contributed by atoms with Crippen molar-refractivity contribution < 1.29 is 12.8 Å². The van der Waals surface area contributed by atoms with E-state index in [1.807, 2.05) is 38.1 Å². The van der Waals surface area contributed by atoms with E-state index < -0.39 is 10.0 Å². The van der Waals surface area contributed by atoms with Crippen LogP contribution >= 0.6 is 0 Å². The van der Waals surface area contributed by atoms with Gasteiger partial charge < -0.3 is 9.73 Å². The smallest absolute Gasteiger partial charge is 0.243 e. The van der Waals surface area contributed by atoms with Crippen molar-refractivity contribution in [2.75, 3.05) is 12.4 Å². The Kier molecular flexibility index (Phi) is 4.78. The molecule has 7 heteroatoms. The van der Waals surface area contributed by atoms with Crippen LogP contribution in [0.3, 0.4) is 0 Å². The molecule has 0 saturated carbocycles. The molecule has 0 fully saturated rings. The van der Waals surface area contributed by atoms with Gasteiger partial charge in [0.25, 0.3) is 0 Å². The van der Waals surface area contributed by atoms with Crippen LogP contribution in [0, 0.1) is 0 Å². The predicted molar refractivity (Wildman–Crippen MR) is 97.9 cm³/mol. The predicted octanol–water partition coefficient (Wildman–Crippen LogP) is 3.47. The highest BCUT2D eigenvalue weighted by atomic mass is 32.2. The second-order valence-electron chi connectivity index (χ2n) is 6.07. The maximum absolute atomic E-state index is 12.4. The molecular weight excluding hydrogens is 338 g/mol. The van der Waals surface area contributed by atoms with Crippen LogP contribution in [0.4, 0.5) is 5.69 Å². The van der Waals surface area contributed by atoms with Crippen molar-refractivity contribution >= 4 is 26.8 Å². The highest BCUT2D eigenvalue weighted by molar-refractivity contribution is 7.89. The van der Waals surface area contributed by atoms with Gasteiger partial charge in [0, 0.05) is 18.8 Å². The van der Waals surface area contributed by atoms with E-state index >= 15 is 0 Å². The number of aromatic nitrogens is 1. The Labute approximate surface area is 147 Å². The number of sulfonamides is 1. The number of rotatable bonds is 6. The summed E-state index contributed by atoms with van der Waals surface area (Å²) in [7, 11) is -1.88. The number of fused-ring (bicyclic) bond motifs is 1. The monoisotopic (exact) mass is 359 g/mol. The zero-order chi connectivity index (χ0) is 18.0. The molecule has 25 heavy (non-hydrogen) atoms. The lowest BCUT2D eigenvalue weighted by Crippen LogP contribution is -2.33. The zero-order valence-electron chi connectivity index (χ0n) is 14.4. The fourth-order valence-electron chi connectivity index (χ4n) is 2.36. The van der Waals surface area contributed by atoms with Crippen LogP contribution in [0.1, 0.15) is 19.7 Å². The zero-order valence-corrected chi connectivity index (χ0v) is 15.2. The summed E-state index contributed by atoms with van der Waals surface area (Å²) in [6.45, 7) is 4.11. The van der Waals surface area contributed by atoms with Crippen LogP contribution in [0.2, 0.25) is 0 Å². The Bertz CT molecular complexity index is 930. The van der Waals surface area contributed by atoms with Crippen molar-refractivity contribution in [3.05, 3.63) is 54.4 Å². The van der Waals surface area contributed by atoms with Crippen LogP contribution in [0.25, 0.3) is 11.1 Å². The first-order chi connectivity index (χ1) is 11.9. The van der Waals surface area contributed by atoms with Gasteiger partial charge in [0.15, 0.2) is 5.58 Å². The third kappa shape index (κ3) is 3.67. The maximum Gasteiger partial charge on any atom is 0.243 e. The van der Waals surface area contributed by atoms with Crippen LogP contribution in [0.5, 0.6) is 0 Å². The highest BCUT2D eigenvalue weighted by Gasteiger charge is 2.22. The fraction of sp³-hybridized carbons (Fsp3) is 0.278. The maximum atomic E-state index is 12.4. The molecular formula is C18H21N3O3S. The lowest BCUT2D eigenvalue weighted by molar-refractivity contribution is 0.410. The number of hydrogen-bond acceptors (Lipinski definition) is 5. The minimum Gasteiger partial charge on any atom is -0.439 e. The lowest BCUT2D eigenvalue weighted by atomic mass is 10.3. The largest absolute Gasteiger partial charge is 0.439 e. The molecule has 3 rings (SSSR count). The first kappa shape index (κ1) is 17.4. The first-order valence-electron chi connectivity index (χ1n) is 8.04. The highest BCUT2D eigenvalue weighted by Crippen LogP contribution is 2.20. The summed E-state index contributed by atoms with van der Waals surface area (Å²) < 4.78 is 31.9. The summed E-state index contributed by atoms with van der Waals surface area (Å²) in [5.41, 5.74) is 2.36. The van der Waals surface area contributed by atoms with Crippen LogP contribution in [0.15, 0.2) is 57.8 Å². The molecule has 132 valence electrons. The number of anilines is 1. The van der Waals surface area contributed by atoms with Crippen LogP contribution in [-0.2, 0) is 16.6 Å². The first-order valence-corrected chi connectivity index (χ1v) is 9.48. The third-order valence-electron chi connectivity index (χ3n) is 4.04. The minimum atomic E-state index is -3.46. The van der Waals surface area contributed by atoms with Gasteiger partial charge >= 0.3 is 0 Å². The van der Waals surface area contributed by atoms with E-state index in [1.165, 1.54) is 4.31 Å². The van der Waals surface area contributed by atoms with E-state index in [2.05, 4.69) is 10.3 Å². The van der Waals surface area contributed by atoms with Crippen molar-refractivity contribution in [3.8, 4) is 0 Å². The molecule has 0 atom stereocenters. The van der Waals surface area contributed by atoms with Crippen LogP contribution < -0.4 is 5.32 Å². The topological polar surface area (TPSA) is 75.4 Å². The van der Waals surface area contributed by atoms with E-state index in [-0.39, 0.29) is 10.9 Å². The fourth-order valence-corrected chi connectivity index (χ4v) is 3.73. The summed E-state index contributed by atoms with van der Waals surface area (Å²) >= 11 is 0. The quantitative estimate of drug-likeness (QED) is 0.729. The number of nitrogens with zero attached hydrogens (tertiary/aromatic N) is 2. The number of oxazole rings is 1. The Morgan fingerprint density at radius 2 is 1.80 bits per heavy atom. The average Bonchev–Trinajstić information content (AvgIpc) is 3.02. The molecule has 0 saturated heterocycles. The molecule has 0 radical (unpaired) electrons. The van der Waals surface area contributed by atoms with Gasteiger partial charge in [0.2, 0.25) is 15.9 Å². The Hall–Kier alpha value is -2.38. The summed E-state index contributed by atoms with van der Waals surface area (Å²) in [6.07, 6.45) is 0. The molecule has 0 spiro atoms. The van der Waals surface area contributed by atoms with Crippen molar-refractivity contribution in [2.24, 2.45) is 0 Å². The van der Waals surface area contributed by atoms with Crippen molar-refractivity contribution in [1.82, 2.24) is 9.29 Å². The van der Waals surface area contributed by atoms with Gasteiger partial charge in [-0.3, -0.25) is 0 Å². The summed E-state index contributed by atoms with van der Waals surface area (Å²) in [5.74, 6) is 0.581. The minimum absolute atomic E-state index is 0.0954. The van der Waals surface area contributed by atoms with E-state index in [9.17, 15) is 8.42 Å². The molecule has 1 aromatic heterocycles. The van der Waals surface area contributed by atoms with Gasteiger partial charge in [-0.05, 0) is 50.2 Å². The number of para-hydroxylation sites is 2. The van der Waals surface area contributed by atoms with Crippen LogP contribution in [-0.4, -0.2) is 30.8 Å². The van der Waals surface area contributed by atoms with Crippen molar-refractivity contribution in [1.29, 1.82) is 0 Å². The van der Waals surface area contributed by atoms with E-state index in [0.29, 0.717) is 12.4 Å². The normalized spacial score (nSPS) is 12.2. The molecule has 0 bridgehead atoms. The number of nitrogens with one attached hydrogen (secondary N) is 1. The van der Waals surface area contributed by atoms with E-state index in [1.54, 1.807) is 31.3 Å². The van der Waals surface area contributed by atoms with Crippen molar-refractivity contribution in [3.63, 3.8) is 0 Å². The second-order valence-corrected chi connectivity index (χ2v) is 8.07. The van der Waals surface area contributed by atoms with Gasteiger partial charge in [-0.2, -0.15) is 4.31 Å². The van der Waals surface area contributed by atoms with Crippen molar-refractivity contribution in [2.45, 2.75) is 31.3 Å². The molecule has 2 aromatic carbocycles. The van der Waals surface area contributed by atoms with E-state index in [4.69, 9.17) is 4.42 Å². The Morgan fingerprint density at radius 1 is 1.12 bits per heavy atom. The number of benzene rings is 2. The SMILES string of the molecule is CC(C)N(C)S(=O)(=O)c1ccc(NCc2nc3ccccc3o2)cc1. The molecule has 3 aromatic rings. The van der Waals surface area contributed by atoms with Gasteiger partial charge in [0.1, 0.15) is 5.52 Å². The Morgan fingerprint density at radius 3 is 2.44 bits per heavy atom. The second kappa shape index (κ2) is 6.85. The van der Waals surface area contributed by atoms with Gasteiger partial charge in [0.05, 0.1) is 11.4 Å². The van der Waals surface area contributed by atoms with Gasteiger partial charge in [-0.15, -0.1) is 0 Å². The summed E-state index contributed by atoms with van der Waals surface area (Å²) in [4.78, 5) is 4.67. The molecule has 1 N–H and O–H groups in total. The standard InChI is InChI=1S/C18H21N3O3S/c1-13(2)21(3)25(22,23)15-10-8-14(9-11-15)19-12-18-20-16-6-4-5-7-17(16)24-18/h4-11,13,19H,12H2,1-3H3. The molecule has 6 nitrogen and oxygen atoms in total. The summed E-state index contributed by atoms with van der Waals surface area (Å²) in [6, 6.07) is 14.2. The molecule has 0 aliphatic rings. The molecule has 0 unspecified atom stereocenters. The summed E-state index contributed by atoms with van der Waals surface area (Å²) in [5, 5.41) is 3.19.